The summed E-state index contributed by atoms with van der Waals surface area (Å²) in [5.41, 5.74) is 1.33. The Bertz CT molecular complexity index is 655. The second-order valence-electron chi connectivity index (χ2n) is 7.36. The first-order valence-corrected chi connectivity index (χ1v) is 10.2. The van der Waals surface area contributed by atoms with Crippen molar-refractivity contribution in [3.05, 3.63) is 16.5 Å². The van der Waals surface area contributed by atoms with E-state index in [1.165, 1.54) is 11.3 Å². The minimum Gasteiger partial charge on any atom is -0.462 e. The van der Waals surface area contributed by atoms with Gasteiger partial charge in [0.1, 0.15) is 5.00 Å². The highest BCUT2D eigenvalue weighted by Crippen LogP contribution is 2.30. The van der Waals surface area contributed by atoms with Crippen LogP contribution in [0.4, 0.5) is 5.00 Å². The minimum absolute atomic E-state index is 0.0664. The lowest BCUT2D eigenvalue weighted by Gasteiger charge is -2.15. The van der Waals surface area contributed by atoms with Gasteiger partial charge in [-0.3, -0.25) is 9.59 Å². The molecule has 1 heterocycles. The summed E-state index contributed by atoms with van der Waals surface area (Å²) in [5.74, 6) is -0.376. The van der Waals surface area contributed by atoms with Crippen LogP contribution in [-0.2, 0) is 20.7 Å². The Balaban J connectivity index is 2.79. The van der Waals surface area contributed by atoms with Crippen LogP contribution in [0.1, 0.15) is 50.5 Å². The van der Waals surface area contributed by atoms with E-state index in [2.05, 4.69) is 24.5 Å². The highest BCUT2D eigenvalue weighted by molar-refractivity contribution is 7.15. The van der Waals surface area contributed by atoms with Gasteiger partial charge in [0.25, 0.3) is 11.8 Å². The van der Waals surface area contributed by atoms with Gasteiger partial charge >= 0.3 is 5.97 Å². The number of carbonyl (C=O) groups excluding carboxylic acids is 3. The Labute approximate surface area is 165 Å². The van der Waals surface area contributed by atoms with Crippen molar-refractivity contribution in [2.75, 3.05) is 32.1 Å². The van der Waals surface area contributed by atoms with Crippen molar-refractivity contribution in [3.8, 4) is 0 Å². The predicted molar refractivity (Wildman–Crippen MR) is 107 cm³/mol. The highest BCUT2D eigenvalue weighted by atomic mass is 32.1. The number of ether oxygens (including phenoxy) is 1. The maximum Gasteiger partial charge on any atom is 0.341 e. The third kappa shape index (κ3) is 8.09. The summed E-state index contributed by atoms with van der Waals surface area (Å²) in [5, 5.41) is 8.03. The van der Waals surface area contributed by atoms with E-state index in [1.807, 2.05) is 19.2 Å². The SMILES string of the molecule is CCOC(=O)c1c(CC(C)C)csc1NC(=O)C[NH+](C)CC(=O)NC(C)C. The van der Waals surface area contributed by atoms with Gasteiger partial charge in [0.05, 0.1) is 19.2 Å². The standard InChI is InChI=1S/C19H31N3O4S/c1-7-26-19(25)17-14(8-12(2)3)11-27-18(17)21-16(24)10-22(6)9-15(23)20-13(4)5/h11-13H,7-10H2,1-6H3,(H,20,23)(H,21,24)/p+1. The van der Waals surface area contributed by atoms with Crippen LogP contribution in [-0.4, -0.2) is 50.6 Å². The molecule has 0 aliphatic carbocycles. The van der Waals surface area contributed by atoms with Gasteiger partial charge in [-0.05, 0) is 44.1 Å². The molecule has 0 aromatic carbocycles. The number of esters is 1. The summed E-state index contributed by atoms with van der Waals surface area (Å²) < 4.78 is 5.16. The molecule has 8 heteroatoms. The summed E-state index contributed by atoms with van der Waals surface area (Å²) in [7, 11) is 1.78. The van der Waals surface area contributed by atoms with Crippen LogP contribution in [0, 0.1) is 5.92 Å². The lowest BCUT2D eigenvalue weighted by atomic mass is 10.0. The van der Waals surface area contributed by atoms with E-state index in [-0.39, 0.29) is 37.6 Å². The van der Waals surface area contributed by atoms with Crippen molar-refractivity contribution >= 4 is 34.1 Å². The monoisotopic (exact) mass is 398 g/mol. The second-order valence-corrected chi connectivity index (χ2v) is 8.24. The van der Waals surface area contributed by atoms with E-state index in [0.29, 0.717) is 16.5 Å². The summed E-state index contributed by atoms with van der Waals surface area (Å²) in [6.07, 6.45) is 0.737. The van der Waals surface area contributed by atoms with E-state index in [0.717, 1.165) is 16.9 Å². The summed E-state index contributed by atoms with van der Waals surface area (Å²) in [6, 6.07) is 0.0664. The molecule has 0 fully saturated rings. The zero-order chi connectivity index (χ0) is 20.6. The van der Waals surface area contributed by atoms with Crippen LogP contribution in [0.25, 0.3) is 0 Å². The number of likely N-dealkylation sites (N-methyl/N-ethyl adjacent to an activating group) is 1. The van der Waals surface area contributed by atoms with Gasteiger partial charge in [-0.25, -0.2) is 4.79 Å². The van der Waals surface area contributed by atoms with Crippen LogP contribution in [0.5, 0.6) is 0 Å². The zero-order valence-electron chi connectivity index (χ0n) is 17.1. The second kappa shape index (κ2) is 11.0. The maximum absolute atomic E-state index is 12.4. The minimum atomic E-state index is -0.415. The first kappa shape index (κ1) is 23.1. The van der Waals surface area contributed by atoms with Gasteiger partial charge in [-0.2, -0.15) is 0 Å². The predicted octanol–water partition coefficient (Wildman–Crippen LogP) is 1.10. The Kier molecular flexibility index (Phi) is 9.45. The fraction of sp³-hybridized carbons (Fsp3) is 0.632. The van der Waals surface area contributed by atoms with Gasteiger partial charge in [-0.15, -0.1) is 11.3 Å². The molecule has 2 amide bonds. The first-order chi connectivity index (χ1) is 12.6. The number of hydrogen-bond donors (Lipinski definition) is 3. The van der Waals surface area contributed by atoms with Gasteiger partial charge in [0.15, 0.2) is 13.1 Å². The molecule has 0 bridgehead atoms. The quantitative estimate of drug-likeness (QED) is 0.515. The van der Waals surface area contributed by atoms with Crippen molar-refractivity contribution in [1.29, 1.82) is 0 Å². The fourth-order valence-corrected chi connectivity index (χ4v) is 3.64. The number of quaternary nitrogens is 1. The topological polar surface area (TPSA) is 88.9 Å². The molecule has 1 unspecified atom stereocenters. The van der Waals surface area contributed by atoms with Crippen molar-refractivity contribution in [1.82, 2.24) is 5.32 Å². The van der Waals surface area contributed by atoms with Crippen molar-refractivity contribution in [3.63, 3.8) is 0 Å². The Hall–Kier alpha value is -1.93. The van der Waals surface area contributed by atoms with E-state index in [1.54, 1.807) is 14.0 Å². The highest BCUT2D eigenvalue weighted by Gasteiger charge is 2.23. The van der Waals surface area contributed by atoms with Crippen LogP contribution < -0.4 is 15.5 Å². The number of amides is 2. The largest absolute Gasteiger partial charge is 0.462 e. The number of nitrogens with one attached hydrogen (secondary N) is 3. The number of carbonyl (C=O) groups is 3. The van der Waals surface area contributed by atoms with Gasteiger partial charge < -0.3 is 20.3 Å². The van der Waals surface area contributed by atoms with Gasteiger partial charge in [0.2, 0.25) is 0 Å². The number of hydrogen-bond acceptors (Lipinski definition) is 5. The number of thiophene rings is 1. The van der Waals surface area contributed by atoms with E-state index in [4.69, 9.17) is 4.74 Å². The van der Waals surface area contributed by atoms with E-state index >= 15 is 0 Å². The van der Waals surface area contributed by atoms with Crippen molar-refractivity contribution < 1.29 is 24.0 Å². The van der Waals surface area contributed by atoms with Crippen LogP contribution in [0.3, 0.4) is 0 Å². The molecule has 1 atom stereocenters. The maximum atomic E-state index is 12.4. The van der Waals surface area contributed by atoms with Crippen LogP contribution in [0.15, 0.2) is 5.38 Å². The molecule has 1 aromatic heterocycles. The molecule has 0 aliphatic rings. The van der Waals surface area contributed by atoms with Crippen molar-refractivity contribution in [2.24, 2.45) is 5.92 Å². The molecule has 0 spiro atoms. The molecular formula is C19H32N3O4S+. The molecule has 0 radical (unpaired) electrons. The Morgan fingerprint density at radius 3 is 2.33 bits per heavy atom. The molecule has 1 aromatic rings. The molecule has 0 aliphatic heterocycles. The summed E-state index contributed by atoms with van der Waals surface area (Å²) in [4.78, 5) is 37.3. The Morgan fingerprint density at radius 2 is 1.78 bits per heavy atom. The molecule has 0 saturated carbocycles. The molecule has 152 valence electrons. The third-order valence-corrected chi connectivity index (χ3v) is 4.55. The molecule has 7 nitrogen and oxygen atoms in total. The lowest BCUT2D eigenvalue weighted by Crippen LogP contribution is -3.11. The average molecular weight is 399 g/mol. The number of rotatable bonds is 10. The fourth-order valence-electron chi connectivity index (χ4n) is 2.66. The zero-order valence-corrected chi connectivity index (χ0v) is 17.9. The first-order valence-electron chi connectivity index (χ1n) is 9.31. The Morgan fingerprint density at radius 1 is 1.15 bits per heavy atom. The lowest BCUT2D eigenvalue weighted by molar-refractivity contribution is -0.862. The molecule has 27 heavy (non-hydrogen) atoms. The summed E-state index contributed by atoms with van der Waals surface area (Å²) >= 11 is 1.33. The van der Waals surface area contributed by atoms with Crippen LogP contribution >= 0.6 is 11.3 Å². The number of anilines is 1. The third-order valence-electron chi connectivity index (χ3n) is 3.60. The van der Waals surface area contributed by atoms with Crippen molar-refractivity contribution in [2.45, 2.75) is 47.1 Å². The summed E-state index contributed by atoms with van der Waals surface area (Å²) in [6.45, 7) is 10.3. The van der Waals surface area contributed by atoms with E-state index < -0.39 is 5.97 Å². The smallest absolute Gasteiger partial charge is 0.341 e. The molecule has 1 rings (SSSR count). The van der Waals surface area contributed by atoms with Gasteiger partial charge in [-0.1, -0.05) is 13.8 Å². The average Bonchev–Trinajstić information content (AvgIpc) is 2.87. The van der Waals surface area contributed by atoms with Crippen LogP contribution in [0.2, 0.25) is 0 Å². The normalized spacial score (nSPS) is 12.1. The van der Waals surface area contributed by atoms with E-state index in [9.17, 15) is 14.4 Å². The van der Waals surface area contributed by atoms with Gasteiger partial charge in [0, 0.05) is 6.04 Å². The molecule has 0 saturated heterocycles. The molecule has 3 N–H and O–H groups in total. The molecular weight excluding hydrogens is 366 g/mol.